The first-order valence-corrected chi connectivity index (χ1v) is 5.94. The number of carbonyl (C=O) groups excluding carboxylic acids is 2. The first kappa shape index (κ1) is 13.3. The van der Waals surface area contributed by atoms with Gasteiger partial charge in [0, 0.05) is 5.75 Å². The molecule has 2 nitrogen and oxygen atoms in total. The van der Waals surface area contributed by atoms with Crippen molar-refractivity contribution in [2.75, 3.05) is 5.75 Å². The number of rotatable bonds is 5. The fourth-order valence-electron chi connectivity index (χ4n) is 1.72. The van der Waals surface area contributed by atoms with Gasteiger partial charge in [-0.3, -0.25) is 9.59 Å². The summed E-state index contributed by atoms with van der Waals surface area (Å²) in [4.78, 5) is 22.9. The summed E-state index contributed by atoms with van der Waals surface area (Å²) in [6.07, 6.45) is 0. The highest BCUT2D eigenvalue weighted by atomic mass is 35.5. The fraction of sp³-hybridized carbons (Fsp3) is 0.333. The highest BCUT2D eigenvalue weighted by molar-refractivity contribution is 7.80. The quantitative estimate of drug-likeness (QED) is 0.649. The fourth-order valence-corrected chi connectivity index (χ4v) is 2.41. The highest BCUT2D eigenvalue weighted by Gasteiger charge is 2.30. The molecular formula is C12H13ClO2S. The van der Waals surface area contributed by atoms with Crippen molar-refractivity contribution in [1.29, 1.82) is 0 Å². The van der Waals surface area contributed by atoms with Crippen molar-refractivity contribution in [2.24, 2.45) is 5.92 Å². The van der Waals surface area contributed by atoms with Crippen LogP contribution in [0.5, 0.6) is 0 Å². The van der Waals surface area contributed by atoms with E-state index in [0.29, 0.717) is 0 Å². The summed E-state index contributed by atoms with van der Waals surface area (Å²) < 4.78 is 0. The standard InChI is InChI=1S/C12H13ClO2S/c1-8(14)11(10(7-16)12(13)15)9-5-3-2-4-6-9/h2-6,10-11,16H,7H2,1H3. The van der Waals surface area contributed by atoms with Gasteiger partial charge in [-0.15, -0.1) is 0 Å². The van der Waals surface area contributed by atoms with Crippen LogP contribution in [0, 0.1) is 5.92 Å². The molecule has 0 aliphatic carbocycles. The van der Waals surface area contributed by atoms with Crippen LogP contribution in [0.2, 0.25) is 0 Å². The molecule has 0 saturated heterocycles. The Hall–Kier alpha value is -0.800. The van der Waals surface area contributed by atoms with E-state index >= 15 is 0 Å². The van der Waals surface area contributed by atoms with Gasteiger partial charge < -0.3 is 0 Å². The van der Waals surface area contributed by atoms with Gasteiger partial charge in [0.2, 0.25) is 5.24 Å². The molecule has 0 aliphatic rings. The Labute approximate surface area is 105 Å². The number of carbonyl (C=O) groups is 2. The molecule has 1 aromatic rings. The molecular weight excluding hydrogens is 244 g/mol. The lowest BCUT2D eigenvalue weighted by molar-refractivity contribution is -0.123. The second-order valence-electron chi connectivity index (χ2n) is 3.59. The van der Waals surface area contributed by atoms with Crippen molar-refractivity contribution in [1.82, 2.24) is 0 Å². The van der Waals surface area contributed by atoms with Gasteiger partial charge in [0.1, 0.15) is 5.78 Å². The number of thiol groups is 1. The minimum atomic E-state index is -0.565. The normalized spacial score (nSPS) is 14.2. The smallest absolute Gasteiger partial charge is 0.226 e. The minimum Gasteiger partial charge on any atom is -0.299 e. The summed E-state index contributed by atoms with van der Waals surface area (Å²) in [5, 5.41) is -0.515. The number of hydrogen-bond acceptors (Lipinski definition) is 3. The second kappa shape index (κ2) is 6.06. The monoisotopic (exact) mass is 256 g/mol. The maximum atomic E-state index is 11.6. The lowest BCUT2D eigenvalue weighted by atomic mass is 9.85. The third kappa shape index (κ3) is 3.09. The van der Waals surface area contributed by atoms with Gasteiger partial charge in [0.25, 0.3) is 0 Å². The zero-order valence-electron chi connectivity index (χ0n) is 8.89. The molecule has 0 aromatic heterocycles. The average Bonchev–Trinajstić information content (AvgIpc) is 2.25. The Balaban J connectivity index is 3.09. The van der Waals surface area contributed by atoms with Gasteiger partial charge in [-0.05, 0) is 24.1 Å². The molecule has 0 fully saturated rings. The zero-order chi connectivity index (χ0) is 12.1. The molecule has 0 aliphatic heterocycles. The Morgan fingerprint density at radius 1 is 1.31 bits per heavy atom. The van der Waals surface area contributed by atoms with Crippen molar-refractivity contribution in [2.45, 2.75) is 12.8 Å². The molecule has 2 unspecified atom stereocenters. The molecule has 0 saturated carbocycles. The highest BCUT2D eigenvalue weighted by Crippen LogP contribution is 2.28. The van der Waals surface area contributed by atoms with E-state index < -0.39 is 17.1 Å². The van der Waals surface area contributed by atoms with E-state index in [1.54, 1.807) is 0 Å². The number of halogens is 1. The summed E-state index contributed by atoms with van der Waals surface area (Å²) in [6.45, 7) is 1.47. The minimum absolute atomic E-state index is 0.0701. The second-order valence-corrected chi connectivity index (χ2v) is 4.33. The van der Waals surface area contributed by atoms with E-state index in [1.807, 2.05) is 30.3 Å². The summed E-state index contributed by atoms with van der Waals surface area (Å²) in [5.74, 6) is -0.866. The molecule has 0 N–H and O–H groups in total. The third-order valence-corrected chi connectivity index (χ3v) is 3.16. The van der Waals surface area contributed by atoms with Crippen molar-refractivity contribution < 1.29 is 9.59 Å². The molecule has 0 heterocycles. The number of ketones is 1. The molecule has 0 radical (unpaired) electrons. The van der Waals surface area contributed by atoms with Crippen LogP contribution < -0.4 is 0 Å². The molecule has 4 heteroatoms. The topological polar surface area (TPSA) is 34.1 Å². The predicted molar refractivity (Wildman–Crippen MR) is 68.1 cm³/mol. The lowest BCUT2D eigenvalue weighted by Gasteiger charge is -2.20. The van der Waals surface area contributed by atoms with Crippen molar-refractivity contribution in [3.05, 3.63) is 35.9 Å². The number of benzene rings is 1. The number of hydrogen-bond donors (Lipinski definition) is 1. The Morgan fingerprint density at radius 2 is 1.88 bits per heavy atom. The van der Waals surface area contributed by atoms with Crippen LogP contribution in [0.15, 0.2) is 30.3 Å². The Kier molecular flexibility index (Phi) is 5.03. The summed E-state index contributed by atoms with van der Waals surface area (Å²) in [7, 11) is 0. The molecule has 1 rings (SSSR count). The van der Waals surface area contributed by atoms with Crippen LogP contribution in [0.3, 0.4) is 0 Å². The first-order valence-electron chi connectivity index (χ1n) is 4.93. The zero-order valence-corrected chi connectivity index (χ0v) is 10.5. The van der Waals surface area contributed by atoms with E-state index in [1.165, 1.54) is 6.92 Å². The van der Waals surface area contributed by atoms with Crippen molar-refractivity contribution in [3.63, 3.8) is 0 Å². The SMILES string of the molecule is CC(=O)C(c1ccccc1)C(CS)C(=O)Cl. The Bertz CT molecular complexity index is 378. The average molecular weight is 257 g/mol. The predicted octanol–water partition coefficient (Wildman–Crippen LogP) is 2.67. The molecule has 2 atom stereocenters. The third-order valence-electron chi connectivity index (χ3n) is 2.49. The Morgan fingerprint density at radius 3 is 2.25 bits per heavy atom. The van der Waals surface area contributed by atoms with Crippen LogP contribution in [-0.2, 0) is 9.59 Å². The molecule has 0 spiro atoms. The molecule has 0 bridgehead atoms. The van der Waals surface area contributed by atoms with Crippen LogP contribution in [0.25, 0.3) is 0 Å². The molecule has 16 heavy (non-hydrogen) atoms. The molecule has 0 amide bonds. The molecule has 1 aromatic carbocycles. The van der Waals surface area contributed by atoms with Gasteiger partial charge in [-0.25, -0.2) is 0 Å². The van der Waals surface area contributed by atoms with Crippen LogP contribution in [0.1, 0.15) is 18.4 Å². The molecule has 86 valence electrons. The summed E-state index contributed by atoms with van der Waals surface area (Å²) >= 11 is 9.57. The van der Waals surface area contributed by atoms with E-state index in [2.05, 4.69) is 12.6 Å². The van der Waals surface area contributed by atoms with E-state index in [-0.39, 0.29) is 11.5 Å². The number of Topliss-reactive ketones (excluding diaryl/α,β-unsaturated/α-hetero) is 1. The van der Waals surface area contributed by atoms with Gasteiger partial charge in [-0.1, -0.05) is 30.3 Å². The van der Waals surface area contributed by atoms with Crippen molar-refractivity contribution in [3.8, 4) is 0 Å². The van der Waals surface area contributed by atoms with Gasteiger partial charge in [-0.2, -0.15) is 12.6 Å². The van der Waals surface area contributed by atoms with Gasteiger partial charge in [0.15, 0.2) is 0 Å². The first-order chi connectivity index (χ1) is 7.57. The lowest BCUT2D eigenvalue weighted by Crippen LogP contribution is -2.25. The van der Waals surface area contributed by atoms with Crippen LogP contribution >= 0.6 is 24.2 Å². The maximum Gasteiger partial charge on any atom is 0.226 e. The largest absolute Gasteiger partial charge is 0.299 e. The van der Waals surface area contributed by atoms with Crippen LogP contribution in [0.4, 0.5) is 0 Å². The van der Waals surface area contributed by atoms with Gasteiger partial charge in [0.05, 0.1) is 11.8 Å². The van der Waals surface area contributed by atoms with Gasteiger partial charge >= 0.3 is 0 Å². The van der Waals surface area contributed by atoms with Crippen molar-refractivity contribution >= 4 is 35.3 Å². The van der Waals surface area contributed by atoms with E-state index in [9.17, 15) is 9.59 Å². The summed E-state index contributed by atoms with van der Waals surface area (Å²) in [6, 6.07) is 9.17. The van der Waals surface area contributed by atoms with Crippen LogP contribution in [-0.4, -0.2) is 16.8 Å². The summed E-state index contributed by atoms with van der Waals surface area (Å²) in [5.41, 5.74) is 0.808. The maximum absolute atomic E-state index is 11.6. The van der Waals surface area contributed by atoms with E-state index in [0.717, 1.165) is 5.56 Å². The van der Waals surface area contributed by atoms with E-state index in [4.69, 9.17) is 11.6 Å².